The van der Waals surface area contributed by atoms with Gasteiger partial charge in [-0.2, -0.15) is 0 Å². The highest BCUT2D eigenvalue weighted by Crippen LogP contribution is 2.26. The van der Waals surface area contributed by atoms with Crippen LogP contribution in [0.1, 0.15) is 11.6 Å². The van der Waals surface area contributed by atoms with Gasteiger partial charge < -0.3 is 15.2 Å². The summed E-state index contributed by atoms with van der Waals surface area (Å²) in [6.45, 7) is 0.418. The molecular weight excluding hydrogens is 274 g/mol. The lowest BCUT2D eigenvalue weighted by Crippen LogP contribution is -2.19. The second-order valence-electron chi connectivity index (χ2n) is 5.17. The molecule has 0 radical (unpaired) electrons. The average molecular weight is 293 g/mol. The lowest BCUT2D eigenvalue weighted by molar-refractivity contribution is 0.293. The molecule has 3 aromatic carbocycles. The highest BCUT2D eigenvalue weighted by atomic mass is 16.5. The average Bonchev–Trinajstić information content (AvgIpc) is 2.59. The Balaban J connectivity index is 1.76. The van der Waals surface area contributed by atoms with Crippen molar-refractivity contribution < 1.29 is 9.47 Å². The second-order valence-corrected chi connectivity index (χ2v) is 5.17. The van der Waals surface area contributed by atoms with E-state index in [-0.39, 0.29) is 6.04 Å². The van der Waals surface area contributed by atoms with E-state index < -0.39 is 0 Å². The predicted molar refractivity (Wildman–Crippen MR) is 89.4 cm³/mol. The number of ether oxygens (including phenoxy) is 2. The molecule has 112 valence electrons. The molecule has 3 aromatic rings. The highest BCUT2D eigenvalue weighted by molar-refractivity contribution is 5.88. The van der Waals surface area contributed by atoms with Gasteiger partial charge in [-0.05, 0) is 29.1 Å². The van der Waals surface area contributed by atoms with Gasteiger partial charge in [0.2, 0.25) is 0 Å². The first-order chi connectivity index (χ1) is 10.8. The minimum Gasteiger partial charge on any atom is -0.497 e. The molecule has 3 nitrogen and oxygen atoms in total. The van der Waals surface area contributed by atoms with Crippen LogP contribution in [0.3, 0.4) is 0 Å². The van der Waals surface area contributed by atoms with Crippen LogP contribution in [0.15, 0.2) is 66.7 Å². The van der Waals surface area contributed by atoms with Crippen LogP contribution in [0.25, 0.3) is 10.8 Å². The predicted octanol–water partition coefficient (Wildman–Crippen LogP) is 3.93. The van der Waals surface area contributed by atoms with Crippen molar-refractivity contribution in [2.24, 2.45) is 5.73 Å². The van der Waals surface area contributed by atoms with Gasteiger partial charge in [0.25, 0.3) is 0 Å². The number of hydrogen-bond acceptors (Lipinski definition) is 3. The van der Waals surface area contributed by atoms with Crippen molar-refractivity contribution in [3.05, 3.63) is 72.3 Å². The second kappa shape index (κ2) is 6.50. The molecule has 0 spiro atoms. The quantitative estimate of drug-likeness (QED) is 0.775. The van der Waals surface area contributed by atoms with Crippen LogP contribution >= 0.6 is 0 Å². The molecule has 0 bridgehead atoms. The third-order valence-corrected chi connectivity index (χ3v) is 3.69. The zero-order valence-corrected chi connectivity index (χ0v) is 12.5. The zero-order chi connectivity index (χ0) is 15.4. The molecular formula is C19H19NO2. The Hall–Kier alpha value is -2.52. The van der Waals surface area contributed by atoms with Crippen LogP contribution in [0.2, 0.25) is 0 Å². The highest BCUT2D eigenvalue weighted by Gasteiger charge is 2.09. The third-order valence-electron chi connectivity index (χ3n) is 3.69. The fourth-order valence-corrected chi connectivity index (χ4v) is 2.47. The van der Waals surface area contributed by atoms with Gasteiger partial charge in [0.15, 0.2) is 0 Å². The maximum atomic E-state index is 6.23. The summed E-state index contributed by atoms with van der Waals surface area (Å²) in [6.07, 6.45) is 0. The van der Waals surface area contributed by atoms with Crippen molar-refractivity contribution in [3.63, 3.8) is 0 Å². The van der Waals surface area contributed by atoms with Crippen molar-refractivity contribution >= 4 is 10.8 Å². The third kappa shape index (κ3) is 3.05. The number of fused-ring (bicyclic) bond motifs is 1. The number of hydrogen-bond donors (Lipinski definition) is 1. The van der Waals surface area contributed by atoms with Gasteiger partial charge in [0.1, 0.15) is 18.1 Å². The number of nitrogens with two attached hydrogens (primary N) is 1. The molecule has 0 amide bonds. The number of rotatable bonds is 5. The molecule has 2 N–H and O–H groups in total. The lowest BCUT2D eigenvalue weighted by atomic mass is 10.1. The standard InChI is InChI=1S/C19H19NO2/c1-21-16-9-4-8-15(12-16)18(20)13-22-19-11-5-7-14-6-2-3-10-17(14)19/h2-12,18H,13,20H2,1H3. The molecule has 3 rings (SSSR count). The molecule has 0 aliphatic heterocycles. The summed E-state index contributed by atoms with van der Waals surface area (Å²) in [5.74, 6) is 1.66. The van der Waals surface area contributed by atoms with Gasteiger partial charge in [-0.15, -0.1) is 0 Å². The summed E-state index contributed by atoms with van der Waals surface area (Å²) >= 11 is 0. The van der Waals surface area contributed by atoms with Gasteiger partial charge in [0, 0.05) is 5.39 Å². The Kier molecular flexibility index (Phi) is 4.26. The van der Waals surface area contributed by atoms with Crippen molar-refractivity contribution in [2.45, 2.75) is 6.04 Å². The van der Waals surface area contributed by atoms with E-state index in [9.17, 15) is 0 Å². The van der Waals surface area contributed by atoms with Crippen molar-refractivity contribution in [1.82, 2.24) is 0 Å². The summed E-state index contributed by atoms with van der Waals surface area (Å²) in [7, 11) is 1.65. The fraction of sp³-hybridized carbons (Fsp3) is 0.158. The van der Waals surface area contributed by atoms with E-state index in [4.69, 9.17) is 15.2 Å². The summed E-state index contributed by atoms with van der Waals surface area (Å²) in [6, 6.07) is 21.8. The van der Waals surface area contributed by atoms with E-state index in [0.717, 1.165) is 27.8 Å². The monoisotopic (exact) mass is 293 g/mol. The van der Waals surface area contributed by atoms with E-state index >= 15 is 0 Å². The van der Waals surface area contributed by atoms with Crippen LogP contribution in [0.5, 0.6) is 11.5 Å². The van der Waals surface area contributed by atoms with Crippen molar-refractivity contribution in [2.75, 3.05) is 13.7 Å². The van der Waals surface area contributed by atoms with Crippen LogP contribution in [0, 0.1) is 0 Å². The van der Waals surface area contributed by atoms with Crippen molar-refractivity contribution in [3.8, 4) is 11.5 Å². The molecule has 0 saturated carbocycles. The van der Waals surface area contributed by atoms with E-state index in [0.29, 0.717) is 6.61 Å². The van der Waals surface area contributed by atoms with Crippen LogP contribution < -0.4 is 15.2 Å². The first kappa shape index (κ1) is 14.4. The van der Waals surface area contributed by atoms with Crippen LogP contribution in [0.4, 0.5) is 0 Å². The summed E-state index contributed by atoms with van der Waals surface area (Å²) in [5.41, 5.74) is 7.23. The van der Waals surface area contributed by atoms with Gasteiger partial charge >= 0.3 is 0 Å². The van der Waals surface area contributed by atoms with Gasteiger partial charge in [0.05, 0.1) is 13.2 Å². The lowest BCUT2D eigenvalue weighted by Gasteiger charge is -2.15. The maximum absolute atomic E-state index is 6.23. The topological polar surface area (TPSA) is 44.5 Å². The van der Waals surface area contributed by atoms with Gasteiger partial charge in [-0.3, -0.25) is 0 Å². The first-order valence-corrected chi connectivity index (χ1v) is 7.28. The fourth-order valence-electron chi connectivity index (χ4n) is 2.47. The molecule has 1 atom stereocenters. The molecule has 0 fully saturated rings. The zero-order valence-electron chi connectivity index (χ0n) is 12.5. The summed E-state index contributed by atoms with van der Waals surface area (Å²) in [5, 5.41) is 2.26. The molecule has 0 aromatic heterocycles. The smallest absolute Gasteiger partial charge is 0.127 e. The minimum atomic E-state index is -0.200. The van der Waals surface area contributed by atoms with E-state index in [1.54, 1.807) is 7.11 Å². The Labute approximate surface area is 130 Å². The number of methoxy groups -OCH3 is 1. The minimum absolute atomic E-state index is 0.200. The van der Waals surface area contributed by atoms with Gasteiger partial charge in [-0.1, -0.05) is 48.5 Å². The Morgan fingerprint density at radius 3 is 2.59 bits per heavy atom. The molecule has 0 aliphatic rings. The van der Waals surface area contributed by atoms with E-state index in [2.05, 4.69) is 18.2 Å². The molecule has 22 heavy (non-hydrogen) atoms. The molecule has 0 aliphatic carbocycles. The molecule has 1 unspecified atom stereocenters. The van der Waals surface area contributed by atoms with Crippen molar-refractivity contribution in [1.29, 1.82) is 0 Å². The van der Waals surface area contributed by atoms with Gasteiger partial charge in [-0.25, -0.2) is 0 Å². The summed E-state index contributed by atoms with van der Waals surface area (Å²) in [4.78, 5) is 0. The molecule has 0 saturated heterocycles. The molecule has 0 heterocycles. The van der Waals surface area contributed by atoms with Crippen LogP contribution in [-0.2, 0) is 0 Å². The Morgan fingerprint density at radius 2 is 1.73 bits per heavy atom. The Morgan fingerprint density at radius 1 is 0.955 bits per heavy atom. The first-order valence-electron chi connectivity index (χ1n) is 7.28. The normalized spacial score (nSPS) is 12.1. The Bertz CT molecular complexity index is 765. The van der Waals surface area contributed by atoms with E-state index in [1.807, 2.05) is 48.5 Å². The SMILES string of the molecule is COc1cccc(C(N)COc2cccc3ccccc23)c1. The number of benzene rings is 3. The molecule has 3 heteroatoms. The van der Waals surface area contributed by atoms with E-state index in [1.165, 1.54) is 0 Å². The largest absolute Gasteiger partial charge is 0.497 e. The maximum Gasteiger partial charge on any atom is 0.127 e. The van der Waals surface area contributed by atoms with Crippen LogP contribution in [-0.4, -0.2) is 13.7 Å². The summed E-state index contributed by atoms with van der Waals surface area (Å²) < 4.78 is 11.2.